The summed E-state index contributed by atoms with van der Waals surface area (Å²) in [6, 6.07) is -0.693. The van der Waals surface area contributed by atoms with Crippen molar-refractivity contribution >= 4 is 12.0 Å². The van der Waals surface area contributed by atoms with Crippen LogP contribution in [0.2, 0.25) is 0 Å². The number of carboxylic acids is 1. The third-order valence-corrected chi connectivity index (χ3v) is 3.77. The van der Waals surface area contributed by atoms with Crippen LogP contribution in [-0.2, 0) is 9.53 Å². The molecule has 1 aliphatic heterocycles. The van der Waals surface area contributed by atoms with Crippen LogP contribution < -0.4 is 10.6 Å². The number of nitrogens with one attached hydrogen (secondary N) is 3. The summed E-state index contributed by atoms with van der Waals surface area (Å²) in [6.07, 6.45) is 4.08. The summed E-state index contributed by atoms with van der Waals surface area (Å²) >= 11 is 0. The van der Waals surface area contributed by atoms with Crippen LogP contribution in [0.3, 0.4) is 0 Å². The van der Waals surface area contributed by atoms with E-state index in [9.17, 15) is 14.7 Å². The topological polar surface area (TPSA) is 116 Å². The van der Waals surface area contributed by atoms with Crippen molar-refractivity contribution in [1.29, 1.82) is 0 Å². The Balaban J connectivity index is 1.86. The fourth-order valence-corrected chi connectivity index (χ4v) is 2.31. The van der Waals surface area contributed by atoms with E-state index in [0.717, 1.165) is 0 Å². The summed E-state index contributed by atoms with van der Waals surface area (Å²) < 4.78 is 5.19. The van der Waals surface area contributed by atoms with Gasteiger partial charge in [-0.2, -0.15) is 0 Å². The fraction of sp³-hybridized carbons (Fsp3) is 0.615. The molecule has 0 spiro atoms. The predicted octanol–water partition coefficient (Wildman–Crippen LogP) is 0.651. The zero-order valence-electron chi connectivity index (χ0n) is 11.9. The van der Waals surface area contributed by atoms with Crippen LogP contribution in [0.15, 0.2) is 12.4 Å². The number of urea groups is 1. The third kappa shape index (κ3) is 3.72. The minimum absolute atomic E-state index is 0.0857. The molecule has 0 radical (unpaired) electrons. The van der Waals surface area contributed by atoms with Crippen molar-refractivity contribution in [2.24, 2.45) is 5.41 Å². The lowest BCUT2D eigenvalue weighted by molar-refractivity contribution is -0.154. The molecule has 1 unspecified atom stereocenters. The van der Waals surface area contributed by atoms with E-state index < -0.39 is 17.4 Å². The van der Waals surface area contributed by atoms with Crippen LogP contribution in [0.25, 0.3) is 0 Å². The molecule has 0 aliphatic carbocycles. The Morgan fingerprint density at radius 1 is 1.52 bits per heavy atom. The Labute approximate surface area is 122 Å². The van der Waals surface area contributed by atoms with E-state index in [2.05, 4.69) is 20.6 Å². The molecule has 116 valence electrons. The monoisotopic (exact) mass is 296 g/mol. The molecular formula is C13H20N4O4. The second-order valence-corrected chi connectivity index (χ2v) is 5.22. The summed E-state index contributed by atoms with van der Waals surface area (Å²) in [5, 5.41) is 14.7. The van der Waals surface area contributed by atoms with E-state index in [1.807, 2.05) is 0 Å². The molecule has 4 N–H and O–H groups in total. The molecule has 2 amide bonds. The first-order valence-corrected chi connectivity index (χ1v) is 6.88. The first-order chi connectivity index (χ1) is 10.0. The first kappa shape index (κ1) is 15.3. The lowest BCUT2D eigenvalue weighted by atomic mass is 9.80. The Morgan fingerprint density at radius 2 is 2.24 bits per heavy atom. The molecule has 1 aromatic rings. The number of carbonyl (C=O) groups is 2. The molecule has 2 heterocycles. The lowest BCUT2D eigenvalue weighted by Crippen LogP contribution is -2.49. The van der Waals surface area contributed by atoms with Crippen molar-refractivity contribution in [1.82, 2.24) is 20.6 Å². The summed E-state index contributed by atoms with van der Waals surface area (Å²) in [4.78, 5) is 30.3. The van der Waals surface area contributed by atoms with Crippen LogP contribution in [0.1, 0.15) is 31.6 Å². The van der Waals surface area contributed by atoms with E-state index >= 15 is 0 Å². The SMILES string of the molecule is CC(NC(=O)NCC1(C(=O)O)CCOCC1)c1ncc[nH]1. The highest BCUT2D eigenvalue weighted by atomic mass is 16.5. The van der Waals surface area contributed by atoms with E-state index in [-0.39, 0.29) is 12.6 Å². The second-order valence-electron chi connectivity index (χ2n) is 5.22. The van der Waals surface area contributed by atoms with Crippen LogP contribution >= 0.6 is 0 Å². The number of hydrogen-bond donors (Lipinski definition) is 4. The summed E-state index contributed by atoms with van der Waals surface area (Å²) in [6.45, 7) is 2.68. The van der Waals surface area contributed by atoms with Gasteiger partial charge in [-0.25, -0.2) is 9.78 Å². The summed E-state index contributed by atoms with van der Waals surface area (Å²) in [5.41, 5.74) is -0.941. The maximum Gasteiger partial charge on any atom is 0.315 e. The van der Waals surface area contributed by atoms with Crippen molar-refractivity contribution in [3.63, 3.8) is 0 Å². The average molecular weight is 296 g/mol. The molecule has 2 rings (SSSR count). The Kier molecular flexibility index (Phi) is 4.79. The predicted molar refractivity (Wildman–Crippen MR) is 73.7 cm³/mol. The van der Waals surface area contributed by atoms with Crippen molar-refractivity contribution in [3.8, 4) is 0 Å². The van der Waals surface area contributed by atoms with Gasteiger partial charge in [0.25, 0.3) is 0 Å². The Bertz CT molecular complexity index is 482. The first-order valence-electron chi connectivity index (χ1n) is 6.88. The number of ether oxygens (including phenoxy) is 1. The van der Waals surface area contributed by atoms with Crippen LogP contribution in [0.4, 0.5) is 4.79 Å². The fourth-order valence-electron chi connectivity index (χ4n) is 2.31. The highest BCUT2D eigenvalue weighted by molar-refractivity contribution is 5.78. The third-order valence-electron chi connectivity index (χ3n) is 3.77. The van der Waals surface area contributed by atoms with E-state index in [4.69, 9.17) is 4.74 Å². The largest absolute Gasteiger partial charge is 0.481 e. The van der Waals surface area contributed by atoms with Gasteiger partial charge in [-0.3, -0.25) is 4.79 Å². The maximum atomic E-state index is 11.9. The van der Waals surface area contributed by atoms with Gasteiger partial charge in [0.05, 0.1) is 11.5 Å². The number of hydrogen-bond acceptors (Lipinski definition) is 4. The van der Waals surface area contributed by atoms with Crippen molar-refractivity contribution in [2.75, 3.05) is 19.8 Å². The number of carbonyl (C=O) groups excluding carboxylic acids is 1. The molecule has 1 fully saturated rings. The number of imidazole rings is 1. The molecule has 1 aromatic heterocycles. The van der Waals surface area contributed by atoms with Crippen molar-refractivity contribution < 1.29 is 19.4 Å². The minimum atomic E-state index is -0.941. The zero-order valence-corrected chi connectivity index (χ0v) is 11.9. The number of nitrogens with zero attached hydrogens (tertiary/aromatic N) is 1. The number of aromatic amines is 1. The number of aliphatic carboxylic acids is 1. The molecule has 1 aliphatic rings. The van der Waals surface area contributed by atoms with Crippen molar-refractivity contribution in [2.45, 2.75) is 25.8 Å². The second kappa shape index (κ2) is 6.57. The molecule has 8 heteroatoms. The van der Waals surface area contributed by atoms with Gasteiger partial charge in [-0.15, -0.1) is 0 Å². The molecule has 8 nitrogen and oxygen atoms in total. The molecule has 0 aromatic carbocycles. The zero-order chi connectivity index (χ0) is 15.3. The number of aromatic nitrogens is 2. The maximum absolute atomic E-state index is 11.9. The minimum Gasteiger partial charge on any atom is -0.481 e. The van der Waals surface area contributed by atoms with Crippen molar-refractivity contribution in [3.05, 3.63) is 18.2 Å². The van der Waals surface area contributed by atoms with Gasteiger partial charge in [0.1, 0.15) is 5.82 Å². The molecule has 1 atom stereocenters. The molecule has 0 saturated carbocycles. The Hall–Kier alpha value is -2.09. The average Bonchev–Trinajstić information content (AvgIpc) is 3.00. The van der Waals surface area contributed by atoms with Crippen LogP contribution in [0, 0.1) is 5.41 Å². The van der Waals surface area contributed by atoms with Gasteiger partial charge in [0.15, 0.2) is 0 Å². The molecule has 1 saturated heterocycles. The molecule has 21 heavy (non-hydrogen) atoms. The lowest BCUT2D eigenvalue weighted by Gasteiger charge is -2.33. The van der Waals surface area contributed by atoms with Gasteiger partial charge in [0.2, 0.25) is 0 Å². The Morgan fingerprint density at radius 3 is 2.81 bits per heavy atom. The normalized spacial score (nSPS) is 18.7. The highest BCUT2D eigenvalue weighted by Gasteiger charge is 2.40. The summed E-state index contributed by atoms with van der Waals surface area (Å²) in [5.74, 6) is -0.255. The standard InChI is InChI=1S/C13H20N4O4/c1-9(10-14-4-5-15-10)17-12(20)16-8-13(11(18)19)2-6-21-7-3-13/h4-5,9H,2-3,6-8H2,1H3,(H,14,15)(H,18,19)(H2,16,17,20). The summed E-state index contributed by atoms with van der Waals surface area (Å²) in [7, 11) is 0. The molecular weight excluding hydrogens is 276 g/mol. The quantitative estimate of drug-likeness (QED) is 0.636. The van der Waals surface area contributed by atoms with E-state index in [1.54, 1.807) is 19.3 Å². The van der Waals surface area contributed by atoms with Gasteiger partial charge in [-0.05, 0) is 19.8 Å². The van der Waals surface area contributed by atoms with Gasteiger partial charge >= 0.3 is 12.0 Å². The number of rotatable bonds is 5. The number of H-pyrrole nitrogens is 1. The smallest absolute Gasteiger partial charge is 0.315 e. The number of amides is 2. The van der Waals surface area contributed by atoms with Gasteiger partial charge in [-0.1, -0.05) is 0 Å². The number of carboxylic acid groups (broad SMARTS) is 1. The van der Waals surface area contributed by atoms with Gasteiger partial charge in [0, 0.05) is 32.2 Å². The highest BCUT2D eigenvalue weighted by Crippen LogP contribution is 2.30. The van der Waals surface area contributed by atoms with E-state index in [0.29, 0.717) is 31.9 Å². The van der Waals surface area contributed by atoms with Gasteiger partial charge < -0.3 is 25.5 Å². The van der Waals surface area contributed by atoms with Crippen LogP contribution in [-0.4, -0.2) is 46.8 Å². The molecule has 0 bridgehead atoms. The van der Waals surface area contributed by atoms with E-state index in [1.165, 1.54) is 0 Å². The van der Waals surface area contributed by atoms with Crippen LogP contribution in [0.5, 0.6) is 0 Å².